The summed E-state index contributed by atoms with van der Waals surface area (Å²) in [5.74, 6) is -0.163. The number of methoxy groups -OCH3 is 1. The Morgan fingerprint density at radius 1 is 1.09 bits per heavy atom. The monoisotopic (exact) mass is 467 g/mol. The van der Waals surface area contributed by atoms with Crippen molar-refractivity contribution < 1.29 is 22.7 Å². The molecule has 1 heterocycles. The highest BCUT2D eigenvalue weighted by molar-refractivity contribution is 7.89. The molecule has 1 saturated heterocycles. The molecule has 2 N–H and O–H groups in total. The summed E-state index contributed by atoms with van der Waals surface area (Å²) in [4.78, 5) is 26.6. The van der Waals surface area contributed by atoms with Crippen molar-refractivity contribution in [1.82, 2.24) is 14.9 Å². The zero-order chi connectivity index (χ0) is 23.8. The van der Waals surface area contributed by atoms with Crippen LogP contribution in [0.3, 0.4) is 0 Å². The number of hydrogen-bond acceptors (Lipinski definition) is 5. The molecule has 0 spiro atoms. The first-order chi connectivity index (χ1) is 15.0. The number of nitrogens with zero attached hydrogens (tertiary/aromatic N) is 1. The molecular formula is C23H37N3O5S. The second-order valence-electron chi connectivity index (χ2n) is 9.21. The van der Waals surface area contributed by atoms with E-state index in [1.807, 2.05) is 12.1 Å². The van der Waals surface area contributed by atoms with E-state index >= 15 is 0 Å². The zero-order valence-corrected chi connectivity index (χ0v) is 20.5. The van der Waals surface area contributed by atoms with E-state index in [-0.39, 0.29) is 41.0 Å². The number of sulfonamides is 1. The van der Waals surface area contributed by atoms with Crippen LogP contribution in [0.5, 0.6) is 0 Å². The van der Waals surface area contributed by atoms with Gasteiger partial charge in [-0.2, -0.15) is 0 Å². The quantitative estimate of drug-likeness (QED) is 0.513. The standard InChI is InChI=1S/C23H37N3O5S/c1-23(2,3)19-6-8-20(9-7-19)32(29,30)25-14-10-21(27)26-15-11-18(12-16-26)22(28)24-13-5-17-31-4/h6-9,18,25H,5,10-17H2,1-4H3,(H,24,28). The van der Waals surface area contributed by atoms with Gasteiger partial charge in [-0.1, -0.05) is 32.9 Å². The molecule has 2 rings (SSSR count). The maximum Gasteiger partial charge on any atom is 0.240 e. The van der Waals surface area contributed by atoms with Gasteiger partial charge in [0, 0.05) is 52.2 Å². The number of hydrogen-bond donors (Lipinski definition) is 2. The average molecular weight is 468 g/mol. The van der Waals surface area contributed by atoms with E-state index in [9.17, 15) is 18.0 Å². The van der Waals surface area contributed by atoms with Gasteiger partial charge in [-0.15, -0.1) is 0 Å². The van der Waals surface area contributed by atoms with Crippen molar-refractivity contribution in [3.63, 3.8) is 0 Å². The van der Waals surface area contributed by atoms with Gasteiger partial charge in [0.1, 0.15) is 0 Å². The summed E-state index contributed by atoms with van der Waals surface area (Å²) in [6.45, 7) is 8.47. The number of piperidine rings is 1. The van der Waals surface area contributed by atoms with E-state index < -0.39 is 10.0 Å². The van der Waals surface area contributed by atoms with E-state index in [4.69, 9.17) is 4.74 Å². The third-order valence-corrected chi connectivity index (χ3v) is 7.18. The summed E-state index contributed by atoms with van der Waals surface area (Å²) in [5, 5.41) is 2.91. The molecule has 1 fully saturated rings. The van der Waals surface area contributed by atoms with Crippen molar-refractivity contribution in [1.29, 1.82) is 0 Å². The van der Waals surface area contributed by atoms with Crippen molar-refractivity contribution in [2.24, 2.45) is 5.92 Å². The highest BCUT2D eigenvalue weighted by Gasteiger charge is 2.27. The van der Waals surface area contributed by atoms with E-state index in [2.05, 4.69) is 30.8 Å². The molecule has 0 bridgehead atoms. The number of nitrogens with one attached hydrogen (secondary N) is 2. The smallest absolute Gasteiger partial charge is 0.240 e. The van der Waals surface area contributed by atoms with Gasteiger partial charge >= 0.3 is 0 Å². The lowest BCUT2D eigenvalue weighted by atomic mass is 9.87. The number of carbonyl (C=O) groups excluding carboxylic acids is 2. The maximum atomic E-state index is 12.5. The fourth-order valence-corrected chi connectivity index (χ4v) is 4.66. The summed E-state index contributed by atoms with van der Waals surface area (Å²) >= 11 is 0. The molecule has 1 aromatic carbocycles. The largest absolute Gasteiger partial charge is 0.385 e. The summed E-state index contributed by atoms with van der Waals surface area (Å²) in [6, 6.07) is 6.82. The molecule has 1 aliphatic heterocycles. The molecule has 0 aromatic heterocycles. The van der Waals surface area contributed by atoms with Crippen LogP contribution >= 0.6 is 0 Å². The van der Waals surface area contributed by atoms with Gasteiger partial charge in [0.15, 0.2) is 0 Å². The normalized spacial score (nSPS) is 15.6. The van der Waals surface area contributed by atoms with Crippen molar-refractivity contribution in [2.45, 2.75) is 56.8 Å². The molecule has 0 saturated carbocycles. The van der Waals surface area contributed by atoms with Crippen LogP contribution in [0, 0.1) is 5.92 Å². The summed E-state index contributed by atoms with van der Waals surface area (Å²) in [5.41, 5.74) is 0.999. The Bertz CT molecular complexity index is 855. The third kappa shape index (κ3) is 7.86. The van der Waals surface area contributed by atoms with E-state index in [0.717, 1.165) is 12.0 Å². The predicted octanol–water partition coefficient (Wildman–Crippen LogP) is 2.04. The first-order valence-corrected chi connectivity index (χ1v) is 12.7. The van der Waals surface area contributed by atoms with Crippen molar-refractivity contribution >= 4 is 21.8 Å². The lowest BCUT2D eigenvalue weighted by molar-refractivity contribution is -0.135. The summed E-state index contributed by atoms with van der Waals surface area (Å²) in [6.07, 6.45) is 2.10. The molecule has 0 unspecified atom stereocenters. The van der Waals surface area contributed by atoms with Gasteiger partial charge in [0.25, 0.3) is 0 Å². The van der Waals surface area contributed by atoms with Crippen LogP contribution in [-0.2, 0) is 29.8 Å². The lowest BCUT2D eigenvalue weighted by Gasteiger charge is -2.31. The van der Waals surface area contributed by atoms with Crippen molar-refractivity contribution in [3.8, 4) is 0 Å². The first kappa shape index (κ1) is 26.3. The molecule has 0 atom stereocenters. The van der Waals surface area contributed by atoms with Crippen molar-refractivity contribution in [3.05, 3.63) is 29.8 Å². The van der Waals surface area contributed by atoms with Crippen LogP contribution in [0.15, 0.2) is 29.2 Å². The Morgan fingerprint density at radius 3 is 2.28 bits per heavy atom. The minimum atomic E-state index is -3.66. The highest BCUT2D eigenvalue weighted by atomic mass is 32.2. The van der Waals surface area contributed by atoms with Crippen LogP contribution in [0.1, 0.15) is 52.0 Å². The molecule has 180 valence electrons. The molecular weight excluding hydrogens is 430 g/mol. The Balaban J connectivity index is 1.74. The molecule has 32 heavy (non-hydrogen) atoms. The van der Waals surface area contributed by atoms with E-state index in [1.165, 1.54) is 0 Å². The molecule has 0 radical (unpaired) electrons. The van der Waals surface area contributed by atoms with Gasteiger partial charge in [-0.05, 0) is 42.4 Å². The number of benzene rings is 1. The van der Waals surface area contributed by atoms with Gasteiger partial charge in [-0.25, -0.2) is 13.1 Å². The maximum absolute atomic E-state index is 12.5. The first-order valence-electron chi connectivity index (χ1n) is 11.2. The Hall–Kier alpha value is -1.97. The van der Waals surface area contributed by atoms with Gasteiger partial charge < -0.3 is 15.0 Å². The minimum Gasteiger partial charge on any atom is -0.385 e. The highest BCUT2D eigenvalue weighted by Crippen LogP contribution is 2.23. The molecule has 1 aliphatic rings. The van der Waals surface area contributed by atoms with Crippen LogP contribution in [0.2, 0.25) is 0 Å². The molecule has 2 amide bonds. The number of carbonyl (C=O) groups is 2. The second-order valence-corrected chi connectivity index (χ2v) is 11.0. The molecule has 9 heteroatoms. The van der Waals surface area contributed by atoms with Crippen molar-refractivity contribution in [2.75, 3.05) is 39.9 Å². The predicted molar refractivity (Wildman–Crippen MR) is 124 cm³/mol. The fourth-order valence-electron chi connectivity index (χ4n) is 3.63. The van der Waals surface area contributed by atoms with Crippen LogP contribution < -0.4 is 10.0 Å². The molecule has 1 aromatic rings. The Labute approximate surface area is 192 Å². The zero-order valence-electron chi connectivity index (χ0n) is 19.6. The fraction of sp³-hybridized carbons (Fsp3) is 0.652. The van der Waals surface area contributed by atoms with Crippen LogP contribution in [-0.4, -0.2) is 65.0 Å². The average Bonchev–Trinajstić information content (AvgIpc) is 2.76. The molecule has 0 aliphatic carbocycles. The SMILES string of the molecule is COCCCNC(=O)C1CCN(C(=O)CCNS(=O)(=O)c2ccc(C(C)(C)C)cc2)CC1. The van der Waals surface area contributed by atoms with E-state index in [1.54, 1.807) is 24.1 Å². The number of rotatable bonds is 10. The second kappa shape index (κ2) is 11.8. The summed E-state index contributed by atoms with van der Waals surface area (Å²) in [7, 11) is -2.04. The number of likely N-dealkylation sites (tertiary alicyclic amines) is 1. The van der Waals surface area contributed by atoms with Gasteiger partial charge in [0.2, 0.25) is 21.8 Å². The van der Waals surface area contributed by atoms with Crippen LogP contribution in [0.4, 0.5) is 0 Å². The summed E-state index contributed by atoms with van der Waals surface area (Å²) < 4.78 is 32.5. The Morgan fingerprint density at radius 2 is 1.72 bits per heavy atom. The Kier molecular flexibility index (Phi) is 9.66. The van der Waals surface area contributed by atoms with Gasteiger partial charge in [0.05, 0.1) is 4.90 Å². The number of amides is 2. The topological polar surface area (TPSA) is 105 Å². The lowest BCUT2D eigenvalue weighted by Crippen LogP contribution is -2.44. The third-order valence-electron chi connectivity index (χ3n) is 5.70. The van der Waals surface area contributed by atoms with Gasteiger partial charge in [-0.3, -0.25) is 9.59 Å². The number of ether oxygens (including phenoxy) is 1. The van der Waals surface area contributed by atoms with E-state index in [0.29, 0.717) is 39.1 Å². The van der Waals surface area contributed by atoms with Crippen LogP contribution in [0.25, 0.3) is 0 Å². The minimum absolute atomic E-state index is 0.0263. The molecule has 8 nitrogen and oxygen atoms in total.